The molecule has 286 valence electrons. The third-order valence-corrected chi connectivity index (χ3v) is 13.4. The van der Waals surface area contributed by atoms with Crippen molar-refractivity contribution < 1.29 is 0 Å². The van der Waals surface area contributed by atoms with Gasteiger partial charge >= 0.3 is 0 Å². The van der Waals surface area contributed by atoms with Crippen molar-refractivity contribution in [2.45, 2.75) is 0 Å². The lowest BCUT2D eigenvalue weighted by molar-refractivity contribution is 1.15. The Hall–Kier alpha value is -7.72. The second-order valence-corrected chi connectivity index (χ2v) is 16.8. The molecule has 61 heavy (non-hydrogen) atoms. The maximum atomic E-state index is 2.43. The zero-order valence-electron chi connectivity index (χ0n) is 33.2. The Morgan fingerprint density at radius 2 is 0.885 bits per heavy atom. The summed E-state index contributed by atoms with van der Waals surface area (Å²) in [6, 6.07) is 84.2. The smallest absolute Gasteiger partial charge is 0.0702 e. The quantitative estimate of drug-likeness (QED) is 0.156. The molecule has 3 heteroatoms. The van der Waals surface area contributed by atoms with E-state index in [2.05, 4.69) is 240 Å². The summed E-state index contributed by atoms with van der Waals surface area (Å²) in [6.07, 6.45) is 0. The average Bonchev–Trinajstić information content (AvgIpc) is 3.88. The minimum atomic E-state index is 1.09. The summed E-state index contributed by atoms with van der Waals surface area (Å²) in [7, 11) is 0. The van der Waals surface area contributed by atoms with Gasteiger partial charge in [-0.15, -0.1) is 11.3 Å². The molecule has 0 N–H and O–H groups in total. The number of anilines is 3. The number of nitrogens with zero attached hydrogens (tertiary/aromatic N) is 2. The third kappa shape index (κ3) is 6.01. The van der Waals surface area contributed by atoms with Crippen molar-refractivity contribution in [3.8, 4) is 39.1 Å². The van der Waals surface area contributed by atoms with Crippen molar-refractivity contribution in [2.75, 3.05) is 4.90 Å². The van der Waals surface area contributed by atoms with Gasteiger partial charge in [-0.1, -0.05) is 164 Å². The molecular weight excluding hydrogens is 757 g/mol. The number of fused-ring (bicyclic) bond motifs is 7. The van der Waals surface area contributed by atoms with Gasteiger partial charge in [-0.05, 0) is 111 Å². The first-order valence-corrected chi connectivity index (χ1v) is 21.6. The van der Waals surface area contributed by atoms with E-state index in [1.165, 1.54) is 86.1 Å². The van der Waals surface area contributed by atoms with Gasteiger partial charge in [0.1, 0.15) is 0 Å². The molecule has 0 atom stereocenters. The minimum absolute atomic E-state index is 1.09. The SMILES string of the molecule is c1cc(-c2ccc(N(c3ccc(-c4cccc5c4sc4ccccc45)cc3)c3ccccc3-n3c4ccccc4c4ccccc43)cc2)cc(-c2ccc3ccccc3c2)c1. The maximum absolute atomic E-state index is 2.43. The summed E-state index contributed by atoms with van der Waals surface area (Å²) in [6.45, 7) is 0. The summed E-state index contributed by atoms with van der Waals surface area (Å²) in [5.41, 5.74) is 14.0. The van der Waals surface area contributed by atoms with E-state index in [9.17, 15) is 0 Å². The lowest BCUT2D eigenvalue weighted by atomic mass is 9.97. The van der Waals surface area contributed by atoms with Crippen LogP contribution in [0.25, 0.3) is 91.8 Å². The third-order valence-electron chi connectivity index (χ3n) is 12.2. The van der Waals surface area contributed by atoms with Crippen LogP contribution in [0.15, 0.2) is 231 Å². The van der Waals surface area contributed by atoms with Crippen LogP contribution < -0.4 is 4.90 Å². The highest BCUT2D eigenvalue weighted by Crippen LogP contribution is 2.44. The Morgan fingerprint density at radius 1 is 0.344 bits per heavy atom. The maximum Gasteiger partial charge on any atom is 0.0702 e. The Balaban J connectivity index is 0.990. The van der Waals surface area contributed by atoms with Gasteiger partial charge in [0.25, 0.3) is 0 Å². The van der Waals surface area contributed by atoms with Crippen LogP contribution in [0.5, 0.6) is 0 Å². The molecule has 0 amide bonds. The second kappa shape index (κ2) is 14.5. The fraction of sp³-hybridized carbons (Fsp3) is 0. The Kier molecular flexibility index (Phi) is 8.39. The molecular formula is C58H38N2S. The molecule has 0 unspecified atom stereocenters. The van der Waals surface area contributed by atoms with Gasteiger partial charge in [-0.3, -0.25) is 0 Å². The highest BCUT2D eigenvalue weighted by molar-refractivity contribution is 7.26. The number of hydrogen-bond acceptors (Lipinski definition) is 2. The fourth-order valence-electron chi connectivity index (χ4n) is 9.27. The summed E-state index contributed by atoms with van der Waals surface area (Å²) >= 11 is 1.88. The van der Waals surface area contributed by atoms with Crippen LogP contribution in [0, 0.1) is 0 Å². The molecule has 10 aromatic carbocycles. The summed E-state index contributed by atoms with van der Waals surface area (Å²) in [5, 5.41) is 7.63. The van der Waals surface area contributed by atoms with Crippen molar-refractivity contribution in [1.29, 1.82) is 0 Å². The number of benzene rings is 10. The van der Waals surface area contributed by atoms with Gasteiger partial charge in [0.2, 0.25) is 0 Å². The van der Waals surface area contributed by atoms with Crippen LogP contribution in [0.1, 0.15) is 0 Å². The van der Waals surface area contributed by atoms with E-state index in [0.717, 1.165) is 22.7 Å². The van der Waals surface area contributed by atoms with Gasteiger partial charge in [0, 0.05) is 42.3 Å². The van der Waals surface area contributed by atoms with Crippen LogP contribution >= 0.6 is 11.3 Å². The van der Waals surface area contributed by atoms with Gasteiger partial charge in [-0.2, -0.15) is 0 Å². The van der Waals surface area contributed by atoms with E-state index < -0.39 is 0 Å². The van der Waals surface area contributed by atoms with E-state index in [1.54, 1.807) is 0 Å². The highest BCUT2D eigenvalue weighted by Gasteiger charge is 2.21. The van der Waals surface area contributed by atoms with Crippen LogP contribution in [0.4, 0.5) is 17.1 Å². The first-order valence-electron chi connectivity index (χ1n) is 20.8. The van der Waals surface area contributed by atoms with Crippen LogP contribution in [-0.4, -0.2) is 4.57 Å². The Labute approximate surface area is 358 Å². The normalized spacial score (nSPS) is 11.6. The Morgan fingerprint density at radius 3 is 1.64 bits per heavy atom. The van der Waals surface area contributed by atoms with Crippen molar-refractivity contribution in [3.05, 3.63) is 231 Å². The molecule has 0 spiro atoms. The predicted molar refractivity (Wildman–Crippen MR) is 262 cm³/mol. The van der Waals surface area contributed by atoms with Crippen molar-refractivity contribution in [2.24, 2.45) is 0 Å². The molecule has 12 aromatic rings. The molecule has 0 radical (unpaired) electrons. The average molecular weight is 795 g/mol. The molecule has 12 rings (SSSR count). The number of aromatic nitrogens is 1. The number of thiophene rings is 1. The summed E-state index contributed by atoms with van der Waals surface area (Å²) in [5.74, 6) is 0. The van der Waals surface area contributed by atoms with Crippen molar-refractivity contribution in [3.63, 3.8) is 0 Å². The van der Waals surface area contributed by atoms with E-state index >= 15 is 0 Å². The lowest BCUT2D eigenvalue weighted by Gasteiger charge is -2.28. The minimum Gasteiger partial charge on any atom is -0.308 e. The standard InChI is InChI=1S/C58H38N2S/c1-2-14-42-38-45(28-27-39(42)13-1)44-16-11-15-43(37-44)40-29-33-46(34-30-40)59(47-35-31-41(32-36-47)48-20-12-21-52-51-19-5-10-26-57(51)61-58(48)52)55-24-8-9-25-56(55)60-53-22-6-3-17-49(53)50-18-4-7-23-54(50)60/h1-38H. The van der Waals surface area contributed by atoms with Gasteiger partial charge in [0.05, 0.1) is 22.4 Å². The summed E-state index contributed by atoms with van der Waals surface area (Å²) < 4.78 is 5.07. The zero-order valence-corrected chi connectivity index (χ0v) is 34.1. The molecule has 2 nitrogen and oxygen atoms in total. The number of rotatable bonds is 7. The monoisotopic (exact) mass is 794 g/mol. The largest absolute Gasteiger partial charge is 0.308 e. The van der Waals surface area contributed by atoms with Gasteiger partial charge in [-0.25, -0.2) is 0 Å². The Bertz CT molecular complexity index is 3540. The predicted octanol–water partition coefficient (Wildman–Crippen LogP) is 16.8. The van der Waals surface area contributed by atoms with Crippen LogP contribution in [-0.2, 0) is 0 Å². The topological polar surface area (TPSA) is 8.17 Å². The first-order chi connectivity index (χ1) is 30.2. The van der Waals surface area contributed by atoms with Crippen LogP contribution in [0.2, 0.25) is 0 Å². The highest BCUT2D eigenvalue weighted by atomic mass is 32.1. The molecule has 0 aliphatic carbocycles. The molecule has 2 aromatic heterocycles. The molecule has 0 saturated carbocycles. The summed E-state index contributed by atoms with van der Waals surface area (Å²) in [4.78, 5) is 2.41. The molecule has 2 heterocycles. The molecule has 0 bridgehead atoms. The molecule has 0 aliphatic rings. The fourth-order valence-corrected chi connectivity index (χ4v) is 10.5. The van der Waals surface area contributed by atoms with Crippen molar-refractivity contribution in [1.82, 2.24) is 4.57 Å². The number of para-hydroxylation sites is 4. The molecule has 0 aliphatic heterocycles. The number of hydrogen-bond donors (Lipinski definition) is 0. The first kappa shape index (κ1) is 35.2. The van der Waals surface area contributed by atoms with E-state index in [1.807, 2.05) is 11.3 Å². The lowest BCUT2D eigenvalue weighted by Crippen LogP contribution is -2.13. The zero-order chi connectivity index (χ0) is 40.3. The van der Waals surface area contributed by atoms with E-state index in [0.29, 0.717) is 0 Å². The van der Waals surface area contributed by atoms with E-state index in [4.69, 9.17) is 0 Å². The van der Waals surface area contributed by atoms with Gasteiger partial charge < -0.3 is 9.47 Å². The van der Waals surface area contributed by atoms with Crippen molar-refractivity contribution >= 4 is 81.1 Å². The van der Waals surface area contributed by atoms with E-state index in [-0.39, 0.29) is 0 Å². The van der Waals surface area contributed by atoms with Crippen LogP contribution in [0.3, 0.4) is 0 Å². The molecule has 0 saturated heterocycles. The molecule has 0 fully saturated rings. The second-order valence-electron chi connectivity index (χ2n) is 15.7. The van der Waals surface area contributed by atoms with Gasteiger partial charge in [0.15, 0.2) is 0 Å².